The average Bonchev–Trinajstić information content (AvgIpc) is 1.38. The predicted molar refractivity (Wildman–Crippen MR) is 29.2 cm³/mol. The van der Waals surface area contributed by atoms with E-state index < -0.39 is 0 Å². The molecule has 0 aromatic carbocycles. The molecular weight excluding hydrogens is 96.2 g/mol. The largest absolute Gasteiger partial charge is 0.307 e. The van der Waals surface area contributed by atoms with Gasteiger partial charge in [0.05, 0.1) is 14.4 Å². The van der Waals surface area contributed by atoms with Crippen molar-refractivity contribution in [1.29, 1.82) is 0 Å². The molecule has 0 amide bonds. The van der Waals surface area contributed by atoms with Crippen molar-refractivity contribution in [2.75, 3.05) is 0 Å². The lowest BCUT2D eigenvalue weighted by Gasteiger charge is -1.70. The van der Waals surface area contributed by atoms with E-state index in [1.807, 2.05) is 0 Å². The molecule has 0 N–H and O–H groups in total. The Morgan fingerprint density at radius 3 is 2.20 bits per heavy atom. The van der Waals surface area contributed by atoms with Crippen LogP contribution >= 0.6 is 0 Å². The normalized spacial score (nSPS) is 10.6. The molecule has 30 valence electrons. The van der Waals surface area contributed by atoms with Gasteiger partial charge in [-0.2, -0.15) is 0 Å². The van der Waals surface area contributed by atoms with Gasteiger partial charge in [0.25, 0.3) is 0 Å². The monoisotopic (exact) mass is 104 g/mol. The minimum Gasteiger partial charge on any atom is -0.307 e. The van der Waals surface area contributed by atoms with Gasteiger partial charge in [-0.1, -0.05) is 0 Å². The first-order valence-electron chi connectivity index (χ1n) is 1.76. The summed E-state index contributed by atoms with van der Waals surface area (Å²) < 4.78 is 0. The number of hydrogen-bond acceptors (Lipinski definition) is 1. The molecule has 0 aliphatic rings. The summed E-state index contributed by atoms with van der Waals surface area (Å²) in [7, 11) is 1.01. The van der Waals surface area contributed by atoms with E-state index >= 15 is 0 Å². The predicted octanol–water partition coefficient (Wildman–Crippen LogP) is -2.02. The van der Waals surface area contributed by atoms with Crippen molar-refractivity contribution in [3.63, 3.8) is 0 Å². The molecule has 0 atom stereocenters. The van der Waals surface area contributed by atoms with Crippen LogP contribution in [0.5, 0.6) is 0 Å². The second kappa shape index (κ2) is 2.35. The molecule has 0 spiro atoms. The SMILES string of the molecule is CC(=O)[SiH2][SiH3]. The van der Waals surface area contributed by atoms with Crippen LogP contribution in [0.15, 0.2) is 0 Å². The Morgan fingerprint density at radius 2 is 2.20 bits per heavy atom. The molecule has 0 aromatic rings. The Balaban J connectivity index is 2.85. The summed E-state index contributed by atoms with van der Waals surface area (Å²) in [5.41, 5.74) is 0. The van der Waals surface area contributed by atoms with Crippen molar-refractivity contribution in [3.05, 3.63) is 0 Å². The van der Waals surface area contributed by atoms with Crippen molar-refractivity contribution in [2.24, 2.45) is 0 Å². The lowest BCUT2D eigenvalue weighted by Crippen LogP contribution is -2.00. The third kappa shape index (κ3) is 4.10. The van der Waals surface area contributed by atoms with Crippen LogP contribution in [0.25, 0.3) is 0 Å². The fourth-order valence-electron chi connectivity index (χ4n) is 0. The highest BCUT2D eigenvalue weighted by molar-refractivity contribution is 7.07. The van der Waals surface area contributed by atoms with Crippen LogP contribution < -0.4 is 0 Å². The van der Waals surface area contributed by atoms with E-state index in [1.165, 1.54) is 0 Å². The van der Waals surface area contributed by atoms with Crippen LogP contribution in [0.4, 0.5) is 0 Å². The molecule has 0 aliphatic carbocycles. The van der Waals surface area contributed by atoms with Gasteiger partial charge in [0.1, 0.15) is 0 Å². The molecule has 0 fully saturated rings. The first kappa shape index (κ1) is 5.10. The number of carbonyl (C=O) groups excluding carboxylic acids is 1. The van der Waals surface area contributed by atoms with Crippen molar-refractivity contribution in [1.82, 2.24) is 0 Å². The Kier molecular flexibility index (Phi) is 2.40. The highest BCUT2D eigenvalue weighted by Gasteiger charge is 1.78. The van der Waals surface area contributed by atoms with Gasteiger partial charge in [-0.25, -0.2) is 0 Å². The average molecular weight is 104 g/mol. The molecule has 0 heterocycles. The molecule has 5 heavy (non-hydrogen) atoms. The van der Waals surface area contributed by atoms with Crippen molar-refractivity contribution in [2.45, 2.75) is 6.92 Å². The third-order valence-corrected chi connectivity index (χ3v) is 4.48. The zero-order valence-corrected chi connectivity index (χ0v) is 7.03. The van der Waals surface area contributed by atoms with Crippen LogP contribution in [-0.2, 0) is 4.79 Å². The summed E-state index contributed by atoms with van der Waals surface area (Å²) in [5, 5.41) is 0.455. The maximum Gasteiger partial charge on any atom is 0.0976 e. The molecular formula is C2H8OSi2. The summed E-state index contributed by atoms with van der Waals surface area (Å²) in [6.07, 6.45) is 0. The zero-order valence-electron chi connectivity index (χ0n) is 3.62. The molecule has 0 unspecified atom stereocenters. The van der Waals surface area contributed by atoms with Crippen LogP contribution in [0.1, 0.15) is 6.92 Å². The van der Waals surface area contributed by atoms with Crippen LogP contribution in [0, 0.1) is 0 Å². The second-order valence-corrected chi connectivity index (χ2v) is 4.88. The molecule has 3 heteroatoms. The van der Waals surface area contributed by atoms with Gasteiger partial charge in [0.15, 0.2) is 0 Å². The maximum atomic E-state index is 9.91. The van der Waals surface area contributed by atoms with Gasteiger partial charge in [-0.3, -0.25) is 0 Å². The lowest BCUT2D eigenvalue weighted by molar-refractivity contribution is -0.110. The highest BCUT2D eigenvalue weighted by Crippen LogP contribution is 1.50. The molecule has 0 aliphatic heterocycles. The van der Waals surface area contributed by atoms with Crippen LogP contribution in [-0.4, -0.2) is 24.2 Å². The number of hydrogen-bond donors (Lipinski definition) is 0. The zero-order chi connectivity index (χ0) is 4.28. The minimum atomic E-state index is -0.151. The smallest absolute Gasteiger partial charge is 0.0976 e. The topological polar surface area (TPSA) is 17.1 Å². The summed E-state index contributed by atoms with van der Waals surface area (Å²) in [4.78, 5) is 9.91. The molecule has 0 saturated carbocycles. The standard InChI is InChI=1S/C2H8OSi2/c1-2(3)5-4/h5H2,1,4H3. The van der Waals surface area contributed by atoms with Crippen LogP contribution in [0.2, 0.25) is 0 Å². The Hall–Kier alpha value is 0.104. The molecule has 0 radical (unpaired) electrons. The van der Waals surface area contributed by atoms with E-state index in [-0.39, 0.29) is 9.04 Å². The van der Waals surface area contributed by atoms with Gasteiger partial charge in [0, 0.05) is 9.76 Å². The highest BCUT2D eigenvalue weighted by atomic mass is 29.1. The van der Waals surface area contributed by atoms with E-state index in [4.69, 9.17) is 0 Å². The Bertz CT molecular complexity index is 42.9. The second-order valence-electron chi connectivity index (χ2n) is 1.06. The quantitative estimate of drug-likeness (QED) is 0.351. The summed E-state index contributed by atoms with van der Waals surface area (Å²) in [6, 6.07) is 0. The first-order chi connectivity index (χ1) is 2.27. The van der Waals surface area contributed by atoms with Gasteiger partial charge >= 0.3 is 0 Å². The lowest BCUT2D eigenvalue weighted by atomic mass is 10.9. The molecule has 0 rings (SSSR count). The summed E-state index contributed by atoms with van der Waals surface area (Å²) >= 11 is 0. The van der Waals surface area contributed by atoms with E-state index in [9.17, 15) is 4.79 Å². The molecule has 0 saturated heterocycles. The van der Waals surface area contributed by atoms with Crippen molar-refractivity contribution < 1.29 is 4.79 Å². The molecule has 0 bridgehead atoms. The van der Waals surface area contributed by atoms with Gasteiger partial charge in [-0.15, -0.1) is 0 Å². The fraction of sp³-hybridized carbons (Fsp3) is 0.500. The summed E-state index contributed by atoms with van der Waals surface area (Å²) in [5.74, 6) is 0. The fourth-order valence-corrected chi connectivity index (χ4v) is 0. The van der Waals surface area contributed by atoms with E-state index in [2.05, 4.69) is 0 Å². The maximum absolute atomic E-state index is 9.91. The van der Waals surface area contributed by atoms with Gasteiger partial charge in [-0.05, 0) is 6.92 Å². The van der Waals surface area contributed by atoms with E-state index in [1.54, 1.807) is 6.92 Å². The third-order valence-electron chi connectivity index (χ3n) is 0.498. The number of rotatable bonds is 1. The minimum absolute atomic E-state index is 0.151. The summed E-state index contributed by atoms with van der Waals surface area (Å²) in [6.45, 7) is 1.68. The van der Waals surface area contributed by atoms with Crippen LogP contribution in [0.3, 0.4) is 0 Å². The first-order valence-corrected chi connectivity index (χ1v) is 8.13. The van der Waals surface area contributed by atoms with Crippen molar-refractivity contribution in [3.8, 4) is 0 Å². The van der Waals surface area contributed by atoms with E-state index in [0.717, 1.165) is 9.76 Å². The van der Waals surface area contributed by atoms with E-state index in [0.29, 0.717) is 5.41 Å². The number of carbonyl (C=O) groups is 1. The Labute approximate surface area is 36.8 Å². The van der Waals surface area contributed by atoms with Crippen molar-refractivity contribution >= 4 is 24.2 Å². The molecule has 0 aromatic heterocycles. The van der Waals surface area contributed by atoms with Gasteiger partial charge in [0.2, 0.25) is 0 Å². The van der Waals surface area contributed by atoms with Gasteiger partial charge < -0.3 is 4.79 Å². The molecule has 1 nitrogen and oxygen atoms in total. The Morgan fingerprint density at radius 1 is 2.00 bits per heavy atom.